The minimum atomic E-state index is -0.729. The molecule has 1 aliphatic rings. The molecule has 0 saturated heterocycles. The van der Waals surface area contributed by atoms with Crippen LogP contribution in [0.25, 0.3) is 0 Å². The molecule has 0 heterocycles. The summed E-state index contributed by atoms with van der Waals surface area (Å²) in [5.74, 6) is 0.844. The molecule has 140 valence electrons. The van der Waals surface area contributed by atoms with Gasteiger partial charge in [0.2, 0.25) is 0 Å². The van der Waals surface area contributed by atoms with Gasteiger partial charge < -0.3 is 10.0 Å². The molecule has 3 heteroatoms. The van der Waals surface area contributed by atoms with Crippen LogP contribution < -0.4 is 0 Å². The Labute approximate surface area is 162 Å². The predicted molar refractivity (Wildman–Crippen MR) is 110 cm³/mol. The zero-order valence-corrected chi connectivity index (χ0v) is 16.8. The molecule has 2 nitrogen and oxygen atoms in total. The summed E-state index contributed by atoms with van der Waals surface area (Å²) in [6.07, 6.45) is 3.99. The number of aryl methyl sites for hydroxylation is 1. The van der Waals surface area contributed by atoms with Gasteiger partial charge in [0.05, 0.1) is 5.60 Å². The summed E-state index contributed by atoms with van der Waals surface area (Å²) in [6.45, 7) is 3.00. The van der Waals surface area contributed by atoms with Crippen molar-refractivity contribution >= 4 is 11.6 Å². The van der Waals surface area contributed by atoms with E-state index in [4.69, 9.17) is 11.6 Å². The van der Waals surface area contributed by atoms with E-state index in [0.717, 1.165) is 42.8 Å². The van der Waals surface area contributed by atoms with E-state index in [1.54, 1.807) is 0 Å². The van der Waals surface area contributed by atoms with Crippen LogP contribution >= 0.6 is 11.6 Å². The lowest BCUT2D eigenvalue weighted by Crippen LogP contribution is -2.45. The van der Waals surface area contributed by atoms with Crippen LogP contribution in [0.3, 0.4) is 0 Å². The van der Waals surface area contributed by atoms with Gasteiger partial charge in [0.25, 0.3) is 0 Å². The van der Waals surface area contributed by atoms with Crippen molar-refractivity contribution in [2.24, 2.45) is 11.8 Å². The standard InChI is InChI=1S/C23H30ClNO/c1-17-5-4-6-20(13-17)23(26)12-11-19(15-21(23)16-25(2)3)14-18-7-9-22(24)10-8-18/h4-10,13,19,21,26H,11-12,14-16H2,1-3H3. The molecule has 0 aliphatic heterocycles. The molecule has 3 unspecified atom stereocenters. The van der Waals surface area contributed by atoms with Gasteiger partial charge >= 0.3 is 0 Å². The number of aliphatic hydroxyl groups is 1. The topological polar surface area (TPSA) is 23.5 Å². The van der Waals surface area contributed by atoms with Crippen molar-refractivity contribution in [3.63, 3.8) is 0 Å². The summed E-state index contributed by atoms with van der Waals surface area (Å²) in [4.78, 5) is 2.20. The average Bonchev–Trinajstić information content (AvgIpc) is 2.59. The molecule has 0 aromatic heterocycles. The molecule has 1 fully saturated rings. The van der Waals surface area contributed by atoms with Crippen molar-refractivity contribution < 1.29 is 5.11 Å². The first kappa shape index (κ1) is 19.4. The number of hydrogen-bond acceptors (Lipinski definition) is 2. The van der Waals surface area contributed by atoms with Crippen molar-refractivity contribution in [1.29, 1.82) is 0 Å². The Bertz CT molecular complexity index is 727. The molecule has 0 amide bonds. The van der Waals surface area contributed by atoms with Crippen LogP contribution in [-0.4, -0.2) is 30.6 Å². The van der Waals surface area contributed by atoms with Gasteiger partial charge in [-0.15, -0.1) is 0 Å². The van der Waals surface area contributed by atoms with Gasteiger partial charge in [-0.1, -0.05) is 53.6 Å². The van der Waals surface area contributed by atoms with Gasteiger partial charge in [0, 0.05) is 17.5 Å². The zero-order chi connectivity index (χ0) is 18.7. The van der Waals surface area contributed by atoms with Crippen LogP contribution in [0.1, 0.15) is 36.0 Å². The van der Waals surface area contributed by atoms with E-state index >= 15 is 0 Å². The highest BCUT2D eigenvalue weighted by atomic mass is 35.5. The van der Waals surface area contributed by atoms with E-state index < -0.39 is 5.60 Å². The lowest BCUT2D eigenvalue weighted by atomic mass is 9.66. The quantitative estimate of drug-likeness (QED) is 0.794. The Morgan fingerprint density at radius 1 is 1.15 bits per heavy atom. The van der Waals surface area contributed by atoms with Crippen LogP contribution in [0.4, 0.5) is 0 Å². The largest absolute Gasteiger partial charge is 0.385 e. The van der Waals surface area contributed by atoms with Gasteiger partial charge in [-0.05, 0) is 75.9 Å². The van der Waals surface area contributed by atoms with Crippen LogP contribution in [0.5, 0.6) is 0 Å². The fourth-order valence-corrected chi connectivity index (χ4v) is 4.57. The molecule has 3 atom stereocenters. The summed E-state index contributed by atoms with van der Waals surface area (Å²) >= 11 is 6.01. The first-order chi connectivity index (χ1) is 12.4. The van der Waals surface area contributed by atoms with E-state index in [0.29, 0.717) is 5.92 Å². The smallest absolute Gasteiger partial charge is 0.0937 e. The van der Waals surface area contributed by atoms with E-state index in [9.17, 15) is 5.11 Å². The summed E-state index contributed by atoms with van der Waals surface area (Å²) in [6, 6.07) is 16.6. The molecule has 3 rings (SSSR count). The molecule has 0 spiro atoms. The van der Waals surface area contributed by atoms with Crippen molar-refractivity contribution in [3.8, 4) is 0 Å². The number of benzene rings is 2. The normalized spacial score (nSPS) is 26.2. The Balaban J connectivity index is 1.79. The van der Waals surface area contributed by atoms with Crippen LogP contribution in [0.2, 0.25) is 5.02 Å². The highest BCUT2D eigenvalue weighted by molar-refractivity contribution is 6.30. The van der Waals surface area contributed by atoms with E-state index in [1.165, 1.54) is 11.1 Å². The first-order valence-electron chi connectivity index (χ1n) is 9.55. The maximum Gasteiger partial charge on any atom is 0.0937 e. The maximum absolute atomic E-state index is 11.7. The van der Waals surface area contributed by atoms with Crippen molar-refractivity contribution in [1.82, 2.24) is 4.90 Å². The molecule has 1 saturated carbocycles. The number of nitrogens with zero attached hydrogens (tertiary/aromatic N) is 1. The number of hydrogen-bond donors (Lipinski definition) is 1. The van der Waals surface area contributed by atoms with Crippen LogP contribution in [0.15, 0.2) is 48.5 Å². The Kier molecular flexibility index (Phi) is 6.06. The average molecular weight is 372 g/mol. The summed E-state index contributed by atoms with van der Waals surface area (Å²) < 4.78 is 0. The van der Waals surface area contributed by atoms with Gasteiger partial charge in [-0.3, -0.25) is 0 Å². The summed E-state index contributed by atoms with van der Waals surface area (Å²) in [7, 11) is 4.19. The molecule has 1 aliphatic carbocycles. The lowest BCUT2D eigenvalue weighted by Gasteiger charge is -2.45. The Morgan fingerprint density at radius 3 is 2.54 bits per heavy atom. The second kappa shape index (κ2) is 8.12. The third-order valence-corrected chi connectivity index (χ3v) is 6.02. The monoisotopic (exact) mass is 371 g/mol. The van der Waals surface area contributed by atoms with Crippen molar-refractivity contribution in [2.45, 2.75) is 38.2 Å². The third kappa shape index (κ3) is 4.49. The maximum atomic E-state index is 11.7. The number of rotatable bonds is 5. The molecule has 2 aromatic rings. The minimum Gasteiger partial charge on any atom is -0.385 e. The van der Waals surface area contributed by atoms with Crippen LogP contribution in [-0.2, 0) is 12.0 Å². The van der Waals surface area contributed by atoms with Gasteiger partial charge in [-0.25, -0.2) is 0 Å². The molecule has 2 aromatic carbocycles. The predicted octanol–water partition coefficient (Wildman–Crippen LogP) is 5.06. The molecule has 0 radical (unpaired) electrons. The molecular formula is C23H30ClNO. The van der Waals surface area contributed by atoms with Gasteiger partial charge in [0.15, 0.2) is 0 Å². The zero-order valence-electron chi connectivity index (χ0n) is 16.1. The van der Waals surface area contributed by atoms with Crippen molar-refractivity contribution in [3.05, 3.63) is 70.2 Å². The van der Waals surface area contributed by atoms with E-state index in [-0.39, 0.29) is 5.92 Å². The fourth-order valence-electron chi connectivity index (χ4n) is 4.44. The lowest BCUT2D eigenvalue weighted by molar-refractivity contribution is -0.0752. The molecule has 1 N–H and O–H groups in total. The fraction of sp³-hybridized carbons (Fsp3) is 0.478. The Morgan fingerprint density at radius 2 is 1.88 bits per heavy atom. The highest BCUT2D eigenvalue weighted by Gasteiger charge is 2.43. The highest BCUT2D eigenvalue weighted by Crippen LogP contribution is 2.45. The molecular weight excluding hydrogens is 342 g/mol. The second-order valence-corrected chi connectivity index (χ2v) is 8.66. The van der Waals surface area contributed by atoms with Gasteiger partial charge in [0.1, 0.15) is 0 Å². The van der Waals surface area contributed by atoms with Crippen LogP contribution in [0, 0.1) is 18.8 Å². The molecule has 0 bridgehead atoms. The number of halogens is 1. The Hall–Kier alpha value is -1.35. The van der Waals surface area contributed by atoms with Crippen molar-refractivity contribution in [2.75, 3.05) is 20.6 Å². The first-order valence-corrected chi connectivity index (χ1v) is 9.93. The summed E-state index contributed by atoms with van der Waals surface area (Å²) in [5.41, 5.74) is 2.90. The third-order valence-electron chi connectivity index (χ3n) is 5.77. The van der Waals surface area contributed by atoms with E-state index in [2.05, 4.69) is 62.3 Å². The molecule has 26 heavy (non-hydrogen) atoms. The minimum absolute atomic E-state index is 0.241. The second-order valence-electron chi connectivity index (χ2n) is 8.22. The van der Waals surface area contributed by atoms with E-state index in [1.807, 2.05) is 12.1 Å². The summed E-state index contributed by atoms with van der Waals surface area (Å²) in [5, 5.41) is 12.4. The SMILES string of the molecule is Cc1cccc(C2(O)CCC(Cc3ccc(Cl)cc3)CC2CN(C)C)c1. The van der Waals surface area contributed by atoms with Gasteiger partial charge in [-0.2, -0.15) is 0 Å².